The first-order chi connectivity index (χ1) is 12.5. The number of benzene rings is 1. The van der Waals surface area contributed by atoms with E-state index in [2.05, 4.69) is 20.3 Å². The largest absolute Gasteiger partial charge is 0.356 e. The Morgan fingerprint density at radius 2 is 2.12 bits per heavy atom. The topological polar surface area (TPSA) is 72.7 Å². The Morgan fingerprint density at radius 3 is 2.73 bits per heavy atom. The van der Waals surface area contributed by atoms with Gasteiger partial charge in [0, 0.05) is 37.8 Å². The maximum atomic E-state index is 12.2. The van der Waals surface area contributed by atoms with E-state index in [4.69, 9.17) is 0 Å². The van der Waals surface area contributed by atoms with Crippen LogP contribution in [0.25, 0.3) is 5.95 Å². The van der Waals surface area contributed by atoms with Crippen LogP contribution in [0, 0.1) is 12.7 Å². The number of amides is 1. The number of nitrogens with zero attached hydrogens (tertiary/aromatic N) is 4. The Hall–Kier alpha value is -3.09. The zero-order chi connectivity index (χ0) is 18.8. The third-order valence-corrected chi connectivity index (χ3v) is 3.40. The molecule has 0 saturated carbocycles. The van der Waals surface area contributed by atoms with Crippen molar-refractivity contribution in [1.82, 2.24) is 24.8 Å². The lowest BCUT2D eigenvalue weighted by atomic mass is 10.2. The van der Waals surface area contributed by atoms with E-state index in [1.54, 1.807) is 35.6 Å². The van der Waals surface area contributed by atoms with E-state index >= 15 is 0 Å². The second-order valence-electron chi connectivity index (χ2n) is 5.70. The van der Waals surface area contributed by atoms with E-state index in [9.17, 15) is 9.18 Å². The van der Waals surface area contributed by atoms with E-state index in [0.29, 0.717) is 12.5 Å². The summed E-state index contributed by atoms with van der Waals surface area (Å²) < 4.78 is 13.9. The summed E-state index contributed by atoms with van der Waals surface area (Å²) in [5.74, 6) is 0.450. The molecule has 6 nitrogen and oxygen atoms in total. The molecule has 136 valence electrons. The normalized spacial score (nSPS) is 9.96. The van der Waals surface area contributed by atoms with Crippen molar-refractivity contribution < 1.29 is 9.18 Å². The lowest BCUT2D eigenvalue weighted by Gasteiger charge is -2.04. The predicted molar refractivity (Wildman–Crippen MR) is 97.3 cm³/mol. The van der Waals surface area contributed by atoms with Crippen LogP contribution < -0.4 is 5.32 Å². The molecule has 26 heavy (non-hydrogen) atoms. The number of aryl methyl sites for hydroxylation is 2. The molecule has 3 aromatic rings. The van der Waals surface area contributed by atoms with Crippen molar-refractivity contribution in [2.45, 2.75) is 26.7 Å². The summed E-state index contributed by atoms with van der Waals surface area (Å²) in [5, 5.41) is 2.76. The van der Waals surface area contributed by atoms with Gasteiger partial charge in [0.2, 0.25) is 11.9 Å². The van der Waals surface area contributed by atoms with Crippen LogP contribution in [0.2, 0.25) is 0 Å². The van der Waals surface area contributed by atoms with Crippen molar-refractivity contribution >= 4 is 5.91 Å². The van der Waals surface area contributed by atoms with Gasteiger partial charge in [-0.05, 0) is 43.5 Å². The average Bonchev–Trinajstić information content (AvgIpc) is 3.14. The van der Waals surface area contributed by atoms with Gasteiger partial charge in [0.15, 0.2) is 0 Å². The third-order valence-electron chi connectivity index (χ3n) is 3.40. The van der Waals surface area contributed by atoms with Gasteiger partial charge in [-0.1, -0.05) is 12.1 Å². The van der Waals surface area contributed by atoms with Crippen molar-refractivity contribution in [3.8, 4) is 5.95 Å². The van der Waals surface area contributed by atoms with Gasteiger partial charge in [0.25, 0.3) is 0 Å². The summed E-state index contributed by atoms with van der Waals surface area (Å²) in [7, 11) is 0. The summed E-state index contributed by atoms with van der Waals surface area (Å²) in [4.78, 5) is 23.3. The number of halogens is 1. The van der Waals surface area contributed by atoms with Gasteiger partial charge in [-0.25, -0.2) is 19.3 Å². The van der Waals surface area contributed by atoms with Gasteiger partial charge in [0.05, 0.1) is 0 Å². The summed E-state index contributed by atoms with van der Waals surface area (Å²) in [6.45, 7) is 4.05. The van der Waals surface area contributed by atoms with E-state index in [0.717, 1.165) is 24.1 Å². The van der Waals surface area contributed by atoms with Gasteiger partial charge >= 0.3 is 0 Å². The highest BCUT2D eigenvalue weighted by molar-refractivity contribution is 5.72. The van der Waals surface area contributed by atoms with Crippen molar-refractivity contribution in [3.63, 3.8) is 0 Å². The molecular weight excluding hydrogens is 333 g/mol. The maximum absolute atomic E-state index is 12.2. The number of rotatable bonds is 5. The third kappa shape index (κ3) is 6.80. The van der Waals surface area contributed by atoms with E-state index in [1.165, 1.54) is 19.1 Å². The Balaban J connectivity index is 0.000000254. The lowest BCUT2D eigenvalue weighted by Crippen LogP contribution is -2.21. The molecule has 0 saturated heterocycles. The fourth-order valence-electron chi connectivity index (χ4n) is 2.17. The lowest BCUT2D eigenvalue weighted by molar-refractivity contribution is -0.118. The Labute approximate surface area is 152 Å². The van der Waals surface area contributed by atoms with Crippen LogP contribution in [0.3, 0.4) is 0 Å². The first-order valence-corrected chi connectivity index (χ1v) is 8.31. The van der Waals surface area contributed by atoms with Crippen molar-refractivity contribution in [3.05, 3.63) is 72.3 Å². The summed E-state index contributed by atoms with van der Waals surface area (Å²) in [5.41, 5.74) is 1.92. The van der Waals surface area contributed by atoms with E-state index in [1.807, 2.05) is 19.1 Å². The molecule has 3 rings (SSSR count). The van der Waals surface area contributed by atoms with Gasteiger partial charge in [-0.3, -0.25) is 9.36 Å². The molecule has 1 N–H and O–H groups in total. The smallest absolute Gasteiger partial charge is 0.235 e. The molecule has 2 aromatic heterocycles. The van der Waals surface area contributed by atoms with Gasteiger partial charge < -0.3 is 5.32 Å². The van der Waals surface area contributed by atoms with Crippen LogP contribution >= 0.6 is 0 Å². The molecular formula is C19H22FN5O. The van der Waals surface area contributed by atoms with Crippen molar-refractivity contribution in [2.75, 3.05) is 6.54 Å². The van der Waals surface area contributed by atoms with Crippen LogP contribution in [-0.2, 0) is 11.2 Å². The molecule has 0 bridgehead atoms. The number of aromatic nitrogens is 4. The number of imidazole rings is 1. The quantitative estimate of drug-likeness (QED) is 0.714. The summed E-state index contributed by atoms with van der Waals surface area (Å²) in [6, 6.07) is 8.38. The molecule has 0 spiro atoms. The van der Waals surface area contributed by atoms with Gasteiger partial charge in [-0.2, -0.15) is 0 Å². The minimum atomic E-state index is -0.162. The first kappa shape index (κ1) is 19.2. The van der Waals surface area contributed by atoms with Crippen LogP contribution in [0.4, 0.5) is 4.39 Å². The molecule has 0 aliphatic heterocycles. The van der Waals surface area contributed by atoms with E-state index in [-0.39, 0.29) is 11.7 Å². The molecule has 0 radical (unpaired) electrons. The first-order valence-electron chi connectivity index (χ1n) is 8.31. The van der Waals surface area contributed by atoms with Gasteiger partial charge in [-0.15, -0.1) is 0 Å². The number of nitrogens with one attached hydrogen (secondary N) is 1. The highest BCUT2D eigenvalue weighted by Crippen LogP contribution is 2.03. The Bertz CT molecular complexity index is 803. The van der Waals surface area contributed by atoms with Crippen LogP contribution in [0.1, 0.15) is 24.6 Å². The standard InChI is InChI=1S/C12H15N5O.C7H7F/c1-10(18)14-5-2-3-11-4-6-15-12(16-11)17-8-7-13-9-17;1-6-3-2-4-7(8)5-6/h4,6-9H,2-3,5H2,1H3,(H,14,18);2-5H,1H3. The molecule has 0 aliphatic carbocycles. The molecule has 7 heteroatoms. The second kappa shape index (κ2) is 10.0. The SMILES string of the molecule is CC(=O)NCCCc1ccnc(-n2ccnc2)n1.Cc1cccc(F)c1. The molecule has 0 unspecified atom stereocenters. The Morgan fingerprint density at radius 1 is 1.27 bits per heavy atom. The monoisotopic (exact) mass is 355 g/mol. The minimum Gasteiger partial charge on any atom is -0.356 e. The van der Waals surface area contributed by atoms with Crippen molar-refractivity contribution in [2.24, 2.45) is 0 Å². The van der Waals surface area contributed by atoms with Crippen molar-refractivity contribution in [1.29, 1.82) is 0 Å². The highest BCUT2D eigenvalue weighted by atomic mass is 19.1. The second-order valence-corrected chi connectivity index (χ2v) is 5.70. The highest BCUT2D eigenvalue weighted by Gasteiger charge is 2.01. The predicted octanol–water partition coefficient (Wildman–Crippen LogP) is 2.87. The maximum Gasteiger partial charge on any atom is 0.235 e. The molecule has 1 aromatic carbocycles. The zero-order valence-electron chi connectivity index (χ0n) is 14.9. The van der Waals surface area contributed by atoms with E-state index < -0.39 is 0 Å². The summed E-state index contributed by atoms with van der Waals surface area (Å²) >= 11 is 0. The average molecular weight is 355 g/mol. The minimum absolute atomic E-state index is 0.00297. The molecule has 0 fully saturated rings. The number of carbonyl (C=O) groups excluding carboxylic acids is 1. The zero-order valence-corrected chi connectivity index (χ0v) is 14.9. The molecule has 1 amide bonds. The van der Waals surface area contributed by atoms with Crippen LogP contribution in [-0.4, -0.2) is 32.0 Å². The molecule has 2 heterocycles. The van der Waals surface area contributed by atoms with Crippen LogP contribution in [0.15, 0.2) is 55.2 Å². The fraction of sp³-hybridized carbons (Fsp3) is 0.263. The van der Waals surface area contributed by atoms with Gasteiger partial charge in [0.1, 0.15) is 12.1 Å². The summed E-state index contributed by atoms with van der Waals surface area (Å²) in [6.07, 6.45) is 8.56. The number of hydrogen-bond donors (Lipinski definition) is 1. The molecule has 0 atom stereocenters. The van der Waals surface area contributed by atoms with Crippen LogP contribution in [0.5, 0.6) is 0 Å². The number of carbonyl (C=O) groups is 1. The Kier molecular flexibility index (Phi) is 7.42. The number of hydrogen-bond acceptors (Lipinski definition) is 4. The fourth-order valence-corrected chi connectivity index (χ4v) is 2.17. The molecule has 0 aliphatic rings.